The van der Waals surface area contributed by atoms with Crippen molar-refractivity contribution < 1.29 is 12.8 Å². The van der Waals surface area contributed by atoms with Gasteiger partial charge in [-0.25, -0.2) is 12.8 Å². The van der Waals surface area contributed by atoms with Gasteiger partial charge in [0.2, 0.25) is 10.0 Å². The average molecular weight is 300 g/mol. The van der Waals surface area contributed by atoms with E-state index in [9.17, 15) is 12.8 Å². The second kappa shape index (κ2) is 5.79. The van der Waals surface area contributed by atoms with E-state index in [0.29, 0.717) is 6.54 Å². The lowest BCUT2D eigenvalue weighted by molar-refractivity contribution is 0.359. The molecule has 4 nitrogen and oxygen atoms in total. The van der Waals surface area contributed by atoms with Crippen LogP contribution in [0, 0.1) is 11.7 Å². The average Bonchev–Trinajstić information content (AvgIpc) is 3.19. The predicted molar refractivity (Wildman–Crippen MR) is 76.0 cm³/mol. The molecule has 0 heterocycles. The summed E-state index contributed by atoms with van der Waals surface area (Å²) in [5.41, 5.74) is 5.59. The highest BCUT2D eigenvalue weighted by atomic mass is 32.2. The quantitative estimate of drug-likeness (QED) is 0.875. The van der Waals surface area contributed by atoms with Crippen LogP contribution < -0.4 is 5.73 Å². The van der Waals surface area contributed by atoms with Gasteiger partial charge in [-0.15, -0.1) is 0 Å². The lowest BCUT2D eigenvalue weighted by atomic mass is 10.2. The van der Waals surface area contributed by atoms with Crippen LogP contribution in [0.5, 0.6) is 0 Å². The maximum Gasteiger partial charge on any atom is 0.243 e. The zero-order valence-corrected chi connectivity index (χ0v) is 12.7. The number of hydrogen-bond acceptors (Lipinski definition) is 3. The summed E-state index contributed by atoms with van der Waals surface area (Å²) in [5.74, 6) is -0.339. The van der Waals surface area contributed by atoms with E-state index >= 15 is 0 Å². The van der Waals surface area contributed by atoms with Crippen LogP contribution in [0.4, 0.5) is 4.39 Å². The van der Waals surface area contributed by atoms with Crippen LogP contribution in [0.1, 0.15) is 32.3 Å². The molecule has 0 bridgehead atoms. The molecule has 1 aliphatic carbocycles. The normalized spacial score (nSPS) is 16.1. The van der Waals surface area contributed by atoms with Crippen LogP contribution in [0.2, 0.25) is 0 Å². The molecule has 20 heavy (non-hydrogen) atoms. The Bertz CT molecular complexity index is 583. The van der Waals surface area contributed by atoms with Gasteiger partial charge in [0.1, 0.15) is 5.82 Å². The number of sulfonamides is 1. The van der Waals surface area contributed by atoms with Gasteiger partial charge in [0, 0.05) is 24.7 Å². The molecule has 0 unspecified atom stereocenters. The van der Waals surface area contributed by atoms with E-state index in [1.54, 1.807) is 0 Å². The lowest BCUT2D eigenvalue weighted by Crippen LogP contribution is -2.36. The van der Waals surface area contributed by atoms with E-state index in [1.165, 1.54) is 22.5 Å². The number of halogens is 1. The summed E-state index contributed by atoms with van der Waals surface area (Å²) >= 11 is 0. The van der Waals surface area contributed by atoms with Crippen LogP contribution in [-0.4, -0.2) is 25.3 Å². The fraction of sp³-hybridized carbons (Fsp3) is 0.571. The van der Waals surface area contributed by atoms with Gasteiger partial charge in [-0.3, -0.25) is 0 Å². The number of rotatable bonds is 6. The Morgan fingerprint density at radius 3 is 2.55 bits per heavy atom. The van der Waals surface area contributed by atoms with Gasteiger partial charge < -0.3 is 5.73 Å². The SMILES string of the molecule is CC(C)CN(C1CC1)S(=O)(=O)c1cccc(F)c1CN. The molecule has 6 heteroatoms. The van der Waals surface area contributed by atoms with Crippen molar-refractivity contribution in [3.05, 3.63) is 29.6 Å². The van der Waals surface area contributed by atoms with E-state index in [-0.39, 0.29) is 29.0 Å². The van der Waals surface area contributed by atoms with Gasteiger partial charge >= 0.3 is 0 Å². The molecule has 1 saturated carbocycles. The Hall–Kier alpha value is -0.980. The molecule has 1 aromatic carbocycles. The summed E-state index contributed by atoms with van der Waals surface area (Å²) < 4.78 is 40.8. The van der Waals surface area contributed by atoms with Crippen LogP contribution >= 0.6 is 0 Å². The van der Waals surface area contributed by atoms with Crippen LogP contribution in [0.15, 0.2) is 23.1 Å². The van der Waals surface area contributed by atoms with Gasteiger partial charge in [-0.1, -0.05) is 19.9 Å². The summed E-state index contributed by atoms with van der Waals surface area (Å²) in [6, 6.07) is 4.15. The van der Waals surface area contributed by atoms with E-state index in [2.05, 4.69) is 0 Å². The Morgan fingerprint density at radius 2 is 2.05 bits per heavy atom. The molecule has 2 rings (SSSR count). The minimum atomic E-state index is -3.68. The first kappa shape index (κ1) is 15.4. The van der Waals surface area contributed by atoms with E-state index in [1.807, 2.05) is 13.8 Å². The molecule has 0 atom stereocenters. The van der Waals surface area contributed by atoms with Crippen molar-refractivity contribution in [1.29, 1.82) is 0 Å². The molecular formula is C14H21FN2O2S. The molecule has 0 radical (unpaired) electrons. The standard InChI is InChI=1S/C14H21FN2O2S/c1-10(2)9-17(11-6-7-11)20(18,19)14-5-3-4-13(15)12(14)8-16/h3-5,10-11H,6-9,16H2,1-2H3. The first-order valence-electron chi connectivity index (χ1n) is 6.87. The van der Waals surface area contributed by atoms with Crippen molar-refractivity contribution in [3.8, 4) is 0 Å². The fourth-order valence-electron chi connectivity index (χ4n) is 2.27. The highest BCUT2D eigenvalue weighted by molar-refractivity contribution is 7.89. The molecule has 1 fully saturated rings. The number of hydrogen-bond donors (Lipinski definition) is 1. The summed E-state index contributed by atoms with van der Waals surface area (Å²) in [4.78, 5) is 0.00699. The van der Waals surface area contributed by atoms with Crippen LogP contribution in [0.3, 0.4) is 0 Å². The number of benzene rings is 1. The molecule has 1 aliphatic rings. The Labute approximate surface area is 119 Å². The van der Waals surface area contributed by atoms with Crippen LogP contribution in [-0.2, 0) is 16.6 Å². The summed E-state index contributed by atoms with van der Waals surface area (Å²) in [7, 11) is -3.68. The van der Waals surface area contributed by atoms with Gasteiger partial charge in [0.15, 0.2) is 0 Å². The largest absolute Gasteiger partial charge is 0.326 e. The second-order valence-electron chi connectivity index (χ2n) is 5.62. The van der Waals surface area contributed by atoms with Crippen molar-refractivity contribution in [2.45, 2.75) is 44.2 Å². The third kappa shape index (κ3) is 3.02. The highest BCUT2D eigenvalue weighted by Gasteiger charge is 2.39. The van der Waals surface area contributed by atoms with Gasteiger partial charge in [-0.05, 0) is 30.9 Å². The maximum absolute atomic E-state index is 13.8. The topological polar surface area (TPSA) is 63.4 Å². The molecule has 2 N–H and O–H groups in total. The minimum absolute atomic E-state index is 0.00699. The van der Waals surface area contributed by atoms with E-state index in [4.69, 9.17) is 5.73 Å². The molecule has 1 aromatic rings. The van der Waals surface area contributed by atoms with Gasteiger partial charge in [-0.2, -0.15) is 4.31 Å². The molecule has 0 saturated heterocycles. The zero-order valence-electron chi connectivity index (χ0n) is 11.8. The number of nitrogens with zero attached hydrogens (tertiary/aromatic N) is 1. The highest BCUT2D eigenvalue weighted by Crippen LogP contribution is 2.34. The zero-order chi connectivity index (χ0) is 14.9. The molecule has 112 valence electrons. The molecule has 0 amide bonds. The Morgan fingerprint density at radius 1 is 1.40 bits per heavy atom. The monoisotopic (exact) mass is 300 g/mol. The van der Waals surface area contributed by atoms with Crippen molar-refractivity contribution >= 4 is 10.0 Å². The predicted octanol–water partition coefficient (Wildman–Crippen LogP) is 2.09. The summed E-state index contributed by atoms with van der Waals surface area (Å²) in [6.07, 6.45) is 1.75. The smallest absolute Gasteiger partial charge is 0.243 e. The first-order chi connectivity index (χ1) is 9.37. The Balaban J connectivity index is 2.45. The molecular weight excluding hydrogens is 279 g/mol. The van der Waals surface area contributed by atoms with Gasteiger partial charge in [0.25, 0.3) is 0 Å². The lowest BCUT2D eigenvalue weighted by Gasteiger charge is -2.25. The molecule has 0 spiro atoms. The third-order valence-corrected chi connectivity index (χ3v) is 5.37. The van der Waals surface area contributed by atoms with Crippen molar-refractivity contribution in [2.24, 2.45) is 11.7 Å². The molecule has 0 aromatic heterocycles. The second-order valence-corrected chi connectivity index (χ2v) is 7.48. The van der Waals surface area contributed by atoms with E-state index < -0.39 is 15.8 Å². The fourth-order valence-corrected chi connectivity index (χ4v) is 4.36. The van der Waals surface area contributed by atoms with Crippen LogP contribution in [0.25, 0.3) is 0 Å². The summed E-state index contributed by atoms with van der Waals surface area (Å²) in [6.45, 7) is 4.27. The number of nitrogens with two attached hydrogens (primary N) is 1. The maximum atomic E-state index is 13.8. The first-order valence-corrected chi connectivity index (χ1v) is 8.31. The Kier molecular flexibility index (Phi) is 4.46. The van der Waals surface area contributed by atoms with Crippen molar-refractivity contribution in [3.63, 3.8) is 0 Å². The third-order valence-electron chi connectivity index (χ3n) is 3.37. The van der Waals surface area contributed by atoms with Crippen molar-refractivity contribution in [1.82, 2.24) is 4.31 Å². The van der Waals surface area contributed by atoms with E-state index in [0.717, 1.165) is 12.8 Å². The minimum Gasteiger partial charge on any atom is -0.326 e. The summed E-state index contributed by atoms with van der Waals surface area (Å²) in [5, 5.41) is 0. The van der Waals surface area contributed by atoms with Crippen molar-refractivity contribution in [2.75, 3.05) is 6.54 Å². The van der Waals surface area contributed by atoms with Gasteiger partial charge in [0.05, 0.1) is 4.90 Å². The molecule has 0 aliphatic heterocycles.